The molecule has 0 bridgehead atoms. The SMILES string of the molecule is CNc1ccc(C(=O)NC(C)CS(C)=O)cc1. The molecule has 2 atom stereocenters. The fraction of sp³-hybridized carbons (Fsp3) is 0.417. The maximum Gasteiger partial charge on any atom is 0.251 e. The summed E-state index contributed by atoms with van der Waals surface area (Å²) in [6.07, 6.45) is 1.63. The molecular weight excluding hydrogens is 236 g/mol. The van der Waals surface area contributed by atoms with Crippen LogP contribution in [-0.4, -0.2) is 35.2 Å². The van der Waals surface area contributed by atoms with Crippen molar-refractivity contribution < 1.29 is 9.00 Å². The van der Waals surface area contributed by atoms with Crippen LogP contribution in [-0.2, 0) is 10.8 Å². The first-order valence-electron chi connectivity index (χ1n) is 5.41. The summed E-state index contributed by atoms with van der Waals surface area (Å²) < 4.78 is 11.0. The van der Waals surface area contributed by atoms with Gasteiger partial charge in [0.05, 0.1) is 0 Å². The van der Waals surface area contributed by atoms with Gasteiger partial charge >= 0.3 is 0 Å². The van der Waals surface area contributed by atoms with E-state index in [-0.39, 0.29) is 11.9 Å². The van der Waals surface area contributed by atoms with Gasteiger partial charge in [-0.25, -0.2) is 0 Å². The standard InChI is InChI=1S/C12H18N2O2S/c1-9(8-17(3)16)14-12(15)10-4-6-11(13-2)7-5-10/h4-7,9,13H,8H2,1-3H3,(H,14,15). The second kappa shape index (κ2) is 6.39. The quantitative estimate of drug-likeness (QED) is 0.831. The van der Waals surface area contributed by atoms with Gasteiger partial charge in [-0.05, 0) is 31.2 Å². The van der Waals surface area contributed by atoms with E-state index in [0.29, 0.717) is 11.3 Å². The van der Waals surface area contributed by atoms with Crippen LogP contribution in [0.5, 0.6) is 0 Å². The number of nitrogens with one attached hydrogen (secondary N) is 2. The molecule has 1 aromatic carbocycles. The topological polar surface area (TPSA) is 58.2 Å². The molecule has 4 nitrogen and oxygen atoms in total. The Bertz CT molecular complexity index is 403. The monoisotopic (exact) mass is 254 g/mol. The minimum absolute atomic E-state index is 0.0858. The van der Waals surface area contributed by atoms with Crippen LogP contribution >= 0.6 is 0 Å². The van der Waals surface area contributed by atoms with Crippen LogP contribution in [0.1, 0.15) is 17.3 Å². The Morgan fingerprint density at radius 1 is 1.35 bits per heavy atom. The summed E-state index contributed by atoms with van der Waals surface area (Å²) >= 11 is 0. The van der Waals surface area contributed by atoms with Crippen LogP contribution in [0.4, 0.5) is 5.69 Å². The van der Waals surface area contributed by atoms with Crippen LogP contribution in [0.15, 0.2) is 24.3 Å². The van der Waals surface area contributed by atoms with Gasteiger partial charge in [-0.2, -0.15) is 0 Å². The lowest BCUT2D eigenvalue weighted by Crippen LogP contribution is -2.36. The zero-order valence-corrected chi connectivity index (χ0v) is 11.1. The average Bonchev–Trinajstić information content (AvgIpc) is 2.28. The van der Waals surface area contributed by atoms with Crippen molar-refractivity contribution in [1.29, 1.82) is 0 Å². The zero-order chi connectivity index (χ0) is 12.8. The number of carbonyl (C=O) groups is 1. The predicted molar refractivity (Wildman–Crippen MR) is 71.9 cm³/mol. The van der Waals surface area contributed by atoms with E-state index in [4.69, 9.17) is 0 Å². The van der Waals surface area contributed by atoms with E-state index in [9.17, 15) is 9.00 Å². The third kappa shape index (κ3) is 4.56. The molecule has 0 aliphatic heterocycles. The van der Waals surface area contributed by atoms with Gasteiger partial charge in [0.15, 0.2) is 0 Å². The highest BCUT2D eigenvalue weighted by Crippen LogP contribution is 2.08. The molecule has 2 N–H and O–H groups in total. The fourth-order valence-electron chi connectivity index (χ4n) is 1.49. The molecule has 0 aromatic heterocycles. The van der Waals surface area contributed by atoms with Gasteiger partial charge in [0, 0.05) is 47.1 Å². The van der Waals surface area contributed by atoms with E-state index >= 15 is 0 Å². The van der Waals surface area contributed by atoms with E-state index in [1.54, 1.807) is 18.4 Å². The molecule has 0 saturated carbocycles. The minimum atomic E-state index is -0.898. The van der Waals surface area contributed by atoms with Gasteiger partial charge in [0.1, 0.15) is 0 Å². The molecule has 94 valence electrons. The first kappa shape index (κ1) is 13.7. The van der Waals surface area contributed by atoms with Crippen molar-refractivity contribution >= 4 is 22.4 Å². The summed E-state index contributed by atoms with van der Waals surface area (Å²) in [5.74, 6) is 0.339. The van der Waals surface area contributed by atoms with E-state index in [0.717, 1.165) is 5.69 Å². The third-order valence-corrected chi connectivity index (χ3v) is 3.27. The highest BCUT2D eigenvalue weighted by Gasteiger charge is 2.10. The minimum Gasteiger partial charge on any atom is -0.388 e. The maximum atomic E-state index is 11.8. The molecular formula is C12H18N2O2S. The van der Waals surface area contributed by atoms with Crippen LogP contribution < -0.4 is 10.6 Å². The van der Waals surface area contributed by atoms with Crippen LogP contribution in [0.2, 0.25) is 0 Å². The van der Waals surface area contributed by atoms with E-state index in [1.807, 2.05) is 26.1 Å². The predicted octanol–water partition coefficient (Wildman–Crippen LogP) is 1.23. The van der Waals surface area contributed by atoms with E-state index in [2.05, 4.69) is 10.6 Å². The number of carbonyl (C=O) groups excluding carboxylic acids is 1. The molecule has 1 aromatic rings. The fourth-order valence-corrected chi connectivity index (χ4v) is 2.28. The number of anilines is 1. The number of hydrogen-bond acceptors (Lipinski definition) is 3. The Morgan fingerprint density at radius 2 is 1.94 bits per heavy atom. The lowest BCUT2D eigenvalue weighted by Gasteiger charge is -2.12. The summed E-state index contributed by atoms with van der Waals surface area (Å²) in [6, 6.07) is 7.13. The molecule has 0 radical (unpaired) electrons. The molecule has 2 unspecified atom stereocenters. The molecule has 0 saturated heterocycles. The smallest absolute Gasteiger partial charge is 0.251 e. The van der Waals surface area contributed by atoms with E-state index in [1.165, 1.54) is 0 Å². The van der Waals surface area contributed by atoms with Gasteiger partial charge < -0.3 is 10.6 Å². The second-order valence-electron chi connectivity index (χ2n) is 3.94. The Labute approximate surface area is 104 Å². The van der Waals surface area contributed by atoms with Gasteiger partial charge in [-0.15, -0.1) is 0 Å². The second-order valence-corrected chi connectivity index (χ2v) is 5.42. The van der Waals surface area contributed by atoms with Crippen LogP contribution in [0.25, 0.3) is 0 Å². The highest BCUT2D eigenvalue weighted by atomic mass is 32.2. The summed E-state index contributed by atoms with van der Waals surface area (Å²) in [7, 11) is 0.929. The van der Waals surface area contributed by atoms with Crippen molar-refractivity contribution in [3.05, 3.63) is 29.8 Å². The summed E-state index contributed by atoms with van der Waals surface area (Å²) in [5, 5.41) is 5.80. The number of rotatable bonds is 5. The zero-order valence-electron chi connectivity index (χ0n) is 10.3. The molecule has 17 heavy (non-hydrogen) atoms. The van der Waals surface area contributed by atoms with Gasteiger partial charge in [0.25, 0.3) is 5.91 Å². The molecule has 0 heterocycles. The molecule has 0 spiro atoms. The van der Waals surface area contributed by atoms with Crippen LogP contribution in [0.3, 0.4) is 0 Å². The van der Waals surface area contributed by atoms with Crippen LogP contribution in [0, 0.1) is 0 Å². The van der Waals surface area contributed by atoms with Crippen molar-refractivity contribution in [2.45, 2.75) is 13.0 Å². The lowest BCUT2D eigenvalue weighted by atomic mass is 10.2. The number of hydrogen-bond donors (Lipinski definition) is 2. The van der Waals surface area contributed by atoms with Gasteiger partial charge in [0.2, 0.25) is 0 Å². The average molecular weight is 254 g/mol. The molecule has 0 fully saturated rings. The largest absolute Gasteiger partial charge is 0.388 e. The highest BCUT2D eigenvalue weighted by molar-refractivity contribution is 7.84. The Hall–Kier alpha value is -1.36. The van der Waals surface area contributed by atoms with E-state index < -0.39 is 10.8 Å². The Morgan fingerprint density at radius 3 is 2.41 bits per heavy atom. The molecule has 1 amide bonds. The Kier molecular flexibility index (Phi) is 5.15. The third-order valence-electron chi connectivity index (χ3n) is 2.30. The molecule has 1 rings (SSSR count). The van der Waals surface area contributed by atoms with Crippen molar-refractivity contribution in [2.24, 2.45) is 0 Å². The van der Waals surface area contributed by atoms with Gasteiger partial charge in [-0.1, -0.05) is 0 Å². The maximum absolute atomic E-state index is 11.8. The first-order chi connectivity index (χ1) is 8.02. The number of benzene rings is 1. The Balaban J connectivity index is 2.60. The number of amides is 1. The summed E-state index contributed by atoms with van der Waals surface area (Å²) in [5.41, 5.74) is 1.57. The van der Waals surface area contributed by atoms with Crippen molar-refractivity contribution in [1.82, 2.24) is 5.32 Å². The summed E-state index contributed by atoms with van der Waals surface area (Å²) in [4.78, 5) is 11.8. The van der Waals surface area contributed by atoms with Gasteiger partial charge in [-0.3, -0.25) is 9.00 Å². The summed E-state index contributed by atoms with van der Waals surface area (Å²) in [6.45, 7) is 1.85. The first-order valence-corrected chi connectivity index (χ1v) is 7.14. The van der Waals surface area contributed by atoms with Crippen molar-refractivity contribution in [2.75, 3.05) is 24.4 Å². The lowest BCUT2D eigenvalue weighted by molar-refractivity contribution is 0.0943. The molecule has 5 heteroatoms. The van der Waals surface area contributed by atoms with Crippen molar-refractivity contribution in [3.63, 3.8) is 0 Å². The normalized spacial score (nSPS) is 13.8. The van der Waals surface area contributed by atoms with Crippen molar-refractivity contribution in [3.8, 4) is 0 Å². The molecule has 0 aliphatic rings. The molecule has 0 aliphatic carbocycles.